The molecule has 0 fully saturated rings. The molecule has 1 N–H and O–H groups in total. The normalized spacial score (nSPS) is 13.3. The van der Waals surface area contributed by atoms with Gasteiger partial charge in [-0.15, -0.1) is 0 Å². The lowest BCUT2D eigenvalue weighted by Crippen LogP contribution is -2.41. The highest BCUT2D eigenvalue weighted by atomic mass is 79.9. The summed E-state index contributed by atoms with van der Waals surface area (Å²) in [6.07, 6.45) is 0.153. The van der Waals surface area contributed by atoms with E-state index >= 15 is 0 Å². The van der Waals surface area contributed by atoms with Crippen LogP contribution in [0, 0.1) is 0 Å². The van der Waals surface area contributed by atoms with E-state index in [9.17, 15) is 13.6 Å². The number of alkyl halides is 2. The minimum Gasteiger partial charge on any atom is -0.471 e. The summed E-state index contributed by atoms with van der Waals surface area (Å²) in [7, 11) is 0. The highest BCUT2D eigenvalue weighted by molar-refractivity contribution is 9.10. The van der Waals surface area contributed by atoms with E-state index < -0.39 is 36.7 Å². The fourth-order valence-corrected chi connectivity index (χ4v) is 2.02. The summed E-state index contributed by atoms with van der Waals surface area (Å²) in [5.41, 5.74) is -0.679. The summed E-state index contributed by atoms with van der Waals surface area (Å²) >= 11 is 3.20. The van der Waals surface area contributed by atoms with Crippen LogP contribution in [0.3, 0.4) is 0 Å². The van der Waals surface area contributed by atoms with Gasteiger partial charge in [-0.2, -0.15) is 0 Å². The summed E-state index contributed by atoms with van der Waals surface area (Å²) in [6.45, 7) is 5.76. The highest BCUT2D eigenvalue weighted by Crippen LogP contribution is 2.23. The molecule has 1 heterocycles. The van der Waals surface area contributed by atoms with Gasteiger partial charge < -0.3 is 14.8 Å². The Balaban J connectivity index is 2.45. The van der Waals surface area contributed by atoms with Gasteiger partial charge in [0.25, 0.3) is 5.92 Å². The number of hydrogen-bond donors (Lipinski definition) is 1. The number of halogens is 3. The first-order chi connectivity index (χ1) is 10.5. The van der Waals surface area contributed by atoms with E-state index in [-0.39, 0.29) is 5.88 Å². The number of carbonyl (C=O) groups is 1. The van der Waals surface area contributed by atoms with Crippen LogP contribution in [0.5, 0.6) is 5.88 Å². The highest BCUT2D eigenvalue weighted by Gasteiger charge is 2.33. The van der Waals surface area contributed by atoms with Gasteiger partial charge in [-0.3, -0.25) is 0 Å². The lowest BCUT2D eigenvalue weighted by atomic mass is 10.1. The molecule has 130 valence electrons. The molecule has 0 saturated carbocycles. The maximum atomic E-state index is 13.9. The second-order valence-corrected chi connectivity index (χ2v) is 7.12. The van der Waals surface area contributed by atoms with Crippen LogP contribution in [0.4, 0.5) is 13.6 Å². The summed E-state index contributed by atoms with van der Waals surface area (Å²) in [4.78, 5) is 15.4. The maximum Gasteiger partial charge on any atom is 0.407 e. The van der Waals surface area contributed by atoms with Crippen LogP contribution in [-0.2, 0) is 4.74 Å². The smallest absolute Gasteiger partial charge is 0.407 e. The Labute approximate surface area is 142 Å². The van der Waals surface area contributed by atoms with E-state index in [0.717, 1.165) is 0 Å². The van der Waals surface area contributed by atoms with Crippen LogP contribution >= 0.6 is 15.9 Å². The largest absolute Gasteiger partial charge is 0.471 e. The van der Waals surface area contributed by atoms with Gasteiger partial charge in [-0.05, 0) is 33.8 Å². The van der Waals surface area contributed by atoms with Crippen molar-refractivity contribution < 1.29 is 23.0 Å². The molecule has 0 spiro atoms. The summed E-state index contributed by atoms with van der Waals surface area (Å²) < 4.78 is 38.5. The molecule has 1 rings (SSSR count). The average Bonchev–Trinajstić information content (AvgIpc) is 2.33. The molecule has 0 aliphatic heterocycles. The van der Waals surface area contributed by atoms with Crippen LogP contribution < -0.4 is 10.1 Å². The molecule has 1 atom stereocenters. The molecular weight excluding hydrogens is 374 g/mol. The number of amides is 1. The first kappa shape index (κ1) is 19.6. The van der Waals surface area contributed by atoms with Gasteiger partial charge in [-0.25, -0.2) is 18.6 Å². The molecule has 0 aliphatic rings. The molecule has 8 heteroatoms. The van der Waals surface area contributed by atoms with Crippen molar-refractivity contribution in [1.29, 1.82) is 0 Å². The van der Waals surface area contributed by atoms with Gasteiger partial charge in [0.05, 0.1) is 0 Å². The zero-order valence-corrected chi connectivity index (χ0v) is 15.1. The van der Waals surface area contributed by atoms with E-state index in [1.807, 2.05) is 0 Å². The lowest BCUT2D eigenvalue weighted by Gasteiger charge is -2.24. The first-order valence-corrected chi connectivity index (χ1v) is 7.88. The molecule has 0 aromatic carbocycles. The number of hydrogen-bond acceptors (Lipinski definition) is 4. The Hall–Kier alpha value is -1.44. The molecule has 0 saturated heterocycles. The molecular formula is C15H21BrF2N2O3. The number of alkyl carbamates (subject to hydrolysis) is 1. The number of rotatable bonds is 6. The Bertz CT molecular complexity index is 536. The molecule has 1 amide bonds. The zero-order chi connectivity index (χ0) is 17.7. The third-order valence-electron chi connectivity index (χ3n) is 2.50. The van der Waals surface area contributed by atoms with E-state index in [1.54, 1.807) is 26.8 Å². The number of nitrogens with one attached hydrogen (secondary N) is 1. The van der Waals surface area contributed by atoms with Crippen molar-refractivity contribution in [2.24, 2.45) is 0 Å². The second-order valence-electron chi connectivity index (χ2n) is 6.21. The molecule has 0 radical (unpaired) electrons. The molecule has 23 heavy (non-hydrogen) atoms. The third-order valence-corrected chi connectivity index (χ3v) is 2.99. The van der Waals surface area contributed by atoms with Crippen molar-refractivity contribution >= 4 is 22.0 Å². The number of ether oxygens (including phenoxy) is 2. The standard InChI is InChI=1S/C15H21BrF2N2O3/c1-10(20-13(21)23-14(2,3)4)8-15(17,18)9-22-12-7-11(16)5-6-19-12/h5-7,10H,8-9H2,1-4H3,(H,20,21)/t10-/m0/s1. The average molecular weight is 395 g/mol. The lowest BCUT2D eigenvalue weighted by molar-refractivity contribution is -0.0548. The van der Waals surface area contributed by atoms with Crippen LogP contribution in [0.1, 0.15) is 34.1 Å². The predicted octanol–water partition coefficient (Wildman–Crippen LogP) is 4.16. The fourth-order valence-electron chi connectivity index (χ4n) is 1.71. The van der Waals surface area contributed by atoms with Gasteiger partial charge in [0.2, 0.25) is 5.88 Å². The number of pyridine rings is 1. The van der Waals surface area contributed by atoms with Crippen molar-refractivity contribution in [3.8, 4) is 5.88 Å². The van der Waals surface area contributed by atoms with E-state index in [1.165, 1.54) is 19.2 Å². The van der Waals surface area contributed by atoms with Gasteiger partial charge in [0.15, 0.2) is 6.61 Å². The molecule has 1 aromatic rings. The van der Waals surface area contributed by atoms with Crippen LogP contribution in [0.15, 0.2) is 22.8 Å². The van der Waals surface area contributed by atoms with E-state index in [4.69, 9.17) is 9.47 Å². The summed E-state index contributed by atoms with van der Waals surface area (Å²) in [6, 6.07) is 2.40. The van der Waals surface area contributed by atoms with Crippen molar-refractivity contribution in [3.05, 3.63) is 22.8 Å². The van der Waals surface area contributed by atoms with Crippen LogP contribution in [-0.4, -0.2) is 35.2 Å². The van der Waals surface area contributed by atoms with Crippen molar-refractivity contribution in [2.75, 3.05) is 6.61 Å². The molecule has 1 aromatic heterocycles. The number of nitrogens with zero attached hydrogens (tertiary/aromatic N) is 1. The molecule has 0 aliphatic carbocycles. The molecule has 0 bridgehead atoms. The Kier molecular flexibility index (Phi) is 6.73. The van der Waals surface area contributed by atoms with Gasteiger partial charge in [-0.1, -0.05) is 15.9 Å². The van der Waals surface area contributed by atoms with Crippen molar-refractivity contribution in [1.82, 2.24) is 10.3 Å². The van der Waals surface area contributed by atoms with Crippen LogP contribution in [0.2, 0.25) is 0 Å². The minimum absolute atomic E-state index is 0.104. The summed E-state index contributed by atoms with van der Waals surface area (Å²) in [5, 5.41) is 2.38. The second kappa shape index (κ2) is 7.90. The predicted molar refractivity (Wildman–Crippen MR) is 85.8 cm³/mol. The van der Waals surface area contributed by atoms with Crippen LogP contribution in [0.25, 0.3) is 0 Å². The Morgan fingerprint density at radius 1 is 1.43 bits per heavy atom. The SMILES string of the molecule is C[C@@H](CC(F)(F)COc1cc(Br)ccn1)NC(=O)OC(C)(C)C. The zero-order valence-electron chi connectivity index (χ0n) is 13.5. The molecule has 0 unspecified atom stereocenters. The third kappa shape index (κ3) is 8.68. The van der Waals surface area contributed by atoms with Gasteiger partial charge in [0, 0.05) is 29.2 Å². The molecule has 5 nitrogen and oxygen atoms in total. The summed E-state index contributed by atoms with van der Waals surface area (Å²) in [5.74, 6) is -3.01. The van der Waals surface area contributed by atoms with E-state index in [0.29, 0.717) is 4.47 Å². The number of aromatic nitrogens is 1. The quantitative estimate of drug-likeness (QED) is 0.786. The monoisotopic (exact) mass is 394 g/mol. The fraction of sp³-hybridized carbons (Fsp3) is 0.600. The van der Waals surface area contributed by atoms with Gasteiger partial charge >= 0.3 is 6.09 Å². The number of carbonyl (C=O) groups excluding carboxylic acids is 1. The first-order valence-electron chi connectivity index (χ1n) is 7.08. The van der Waals surface area contributed by atoms with E-state index in [2.05, 4.69) is 26.2 Å². The maximum absolute atomic E-state index is 13.9. The topological polar surface area (TPSA) is 60.5 Å². The van der Waals surface area contributed by atoms with Crippen molar-refractivity contribution in [3.63, 3.8) is 0 Å². The Morgan fingerprint density at radius 2 is 2.09 bits per heavy atom. The Morgan fingerprint density at radius 3 is 2.65 bits per heavy atom. The van der Waals surface area contributed by atoms with Gasteiger partial charge in [0.1, 0.15) is 5.60 Å². The minimum atomic E-state index is -3.11. The van der Waals surface area contributed by atoms with Crippen molar-refractivity contribution in [2.45, 2.75) is 51.7 Å².